The summed E-state index contributed by atoms with van der Waals surface area (Å²) in [6.45, 7) is 8.77. The summed E-state index contributed by atoms with van der Waals surface area (Å²) in [5, 5.41) is -0.217. The number of carbonyl (C=O) groups is 4. The second kappa shape index (κ2) is 25.6. The molecular weight excluding hydrogens is 801 g/mol. The molecule has 61 heavy (non-hydrogen) atoms. The Morgan fingerprint density at radius 3 is 1.49 bits per heavy atom. The molecule has 3 aromatic carbocycles. The van der Waals surface area contributed by atoms with Crippen molar-refractivity contribution in [2.45, 2.75) is 147 Å². The van der Waals surface area contributed by atoms with Crippen LogP contribution in [0.4, 0.5) is 0 Å². The van der Waals surface area contributed by atoms with Crippen LogP contribution in [0.15, 0.2) is 91.0 Å². The molecule has 5 rings (SSSR count). The van der Waals surface area contributed by atoms with Crippen molar-refractivity contribution in [2.24, 2.45) is 0 Å². The monoisotopic (exact) mass is 863 g/mol. The number of hydrogen-bond donors (Lipinski definition) is 0. The standard InChI is InChI=1S/C48H63O12S/c1-5-18-40(49)57-45-38(56-48(60-43(52)21-8-4)47(59-42(51)20-7-3)46(45)58-41(50)19-6-2)33-61-32-37(54-29-35-24-14-10-15-25-35)44(55-30-36-26-16-11-17-27-36)39(61)31-53-28-34-22-12-9-13-23-34/h9-17,22-27,37-39,44-48H,5-8,18-21,28-33H2,1-4H3/q+1/t37-,38-,39-,44+,45-,46+,47-,48?,61?/m1/s1. The first-order chi connectivity index (χ1) is 29.7. The highest BCUT2D eigenvalue weighted by Crippen LogP contribution is 2.36. The third-order valence-corrected chi connectivity index (χ3v) is 13.1. The highest BCUT2D eigenvalue weighted by molar-refractivity contribution is 7.97. The Hall–Kier alpha value is -4.27. The number of ether oxygens (including phenoxy) is 8. The summed E-state index contributed by atoms with van der Waals surface area (Å²) < 4.78 is 50.8. The quantitative estimate of drug-likeness (QED) is 0.0498. The van der Waals surface area contributed by atoms with Crippen LogP contribution in [0.1, 0.15) is 95.8 Å². The summed E-state index contributed by atoms with van der Waals surface area (Å²) in [6, 6.07) is 29.8. The van der Waals surface area contributed by atoms with Crippen molar-refractivity contribution in [3.63, 3.8) is 0 Å². The van der Waals surface area contributed by atoms with E-state index in [1.165, 1.54) is 0 Å². The Morgan fingerprint density at radius 2 is 0.984 bits per heavy atom. The first kappa shape index (κ1) is 47.8. The molecule has 12 nitrogen and oxygen atoms in total. The number of esters is 4. The Bertz CT molecular complexity index is 1760. The van der Waals surface area contributed by atoms with Crippen molar-refractivity contribution in [1.29, 1.82) is 0 Å². The highest BCUT2D eigenvalue weighted by Gasteiger charge is 2.59. The van der Waals surface area contributed by atoms with Crippen LogP contribution in [0.3, 0.4) is 0 Å². The molecule has 0 spiro atoms. The third-order valence-electron chi connectivity index (χ3n) is 10.4. The van der Waals surface area contributed by atoms with Crippen molar-refractivity contribution >= 4 is 34.8 Å². The van der Waals surface area contributed by atoms with E-state index in [-0.39, 0.29) is 42.8 Å². The average molecular weight is 864 g/mol. The lowest BCUT2D eigenvalue weighted by atomic mass is 9.98. The molecular formula is C48H63O12S+. The van der Waals surface area contributed by atoms with Gasteiger partial charge in [0.1, 0.15) is 29.8 Å². The number of hydrogen-bond acceptors (Lipinski definition) is 12. The van der Waals surface area contributed by atoms with Gasteiger partial charge in [-0.2, -0.15) is 0 Å². The molecule has 2 fully saturated rings. The lowest BCUT2D eigenvalue weighted by Gasteiger charge is -2.43. The fraction of sp³-hybridized carbons (Fsp3) is 0.542. The first-order valence-electron chi connectivity index (χ1n) is 21.7. The first-order valence-corrected chi connectivity index (χ1v) is 23.4. The lowest BCUT2D eigenvalue weighted by Crippen LogP contribution is -2.64. The van der Waals surface area contributed by atoms with Crippen molar-refractivity contribution in [3.8, 4) is 0 Å². The van der Waals surface area contributed by atoms with Crippen molar-refractivity contribution in [1.82, 2.24) is 0 Å². The van der Waals surface area contributed by atoms with Gasteiger partial charge < -0.3 is 37.9 Å². The van der Waals surface area contributed by atoms with Crippen molar-refractivity contribution in [3.05, 3.63) is 108 Å². The van der Waals surface area contributed by atoms with Crippen LogP contribution in [0.25, 0.3) is 0 Å². The SMILES string of the molecule is CCCC(=O)OC1O[C@H](C[S+]2C[C@@H](OCc3ccccc3)[C@H](OCc3ccccc3)[C@H]2COCc2ccccc2)[C@@H](OC(=O)CCC)[C@H](OC(=O)CCC)[C@H]1OC(=O)CCC. The maximum Gasteiger partial charge on any atom is 0.308 e. The third kappa shape index (κ3) is 15.0. The van der Waals surface area contributed by atoms with E-state index < -0.39 is 71.6 Å². The minimum atomic E-state index is -1.44. The average Bonchev–Trinajstić information content (AvgIpc) is 3.58. The van der Waals surface area contributed by atoms with E-state index in [2.05, 4.69) is 0 Å². The molecule has 3 aromatic rings. The van der Waals surface area contributed by atoms with Crippen molar-refractivity contribution < 1.29 is 57.1 Å². The summed E-state index contributed by atoms with van der Waals surface area (Å²) in [7, 11) is -0.603. The Kier molecular flexibility index (Phi) is 20.1. The van der Waals surface area contributed by atoms with Gasteiger partial charge in [-0.1, -0.05) is 119 Å². The van der Waals surface area contributed by atoms with Gasteiger partial charge in [0, 0.05) is 36.6 Å². The molecule has 2 heterocycles. The zero-order valence-electron chi connectivity index (χ0n) is 36.0. The second-order valence-corrected chi connectivity index (χ2v) is 17.7. The molecule has 2 aliphatic heterocycles. The molecule has 0 aromatic heterocycles. The summed E-state index contributed by atoms with van der Waals surface area (Å²) in [5.41, 5.74) is 3.05. The summed E-state index contributed by atoms with van der Waals surface area (Å²) in [6.07, 6.45) is -4.78. The topological polar surface area (TPSA) is 142 Å². The van der Waals surface area contributed by atoms with Gasteiger partial charge in [0.25, 0.3) is 0 Å². The largest absolute Gasteiger partial charge is 0.455 e. The zero-order valence-corrected chi connectivity index (χ0v) is 36.8. The normalized spacial score (nSPS) is 24.8. The van der Waals surface area contributed by atoms with E-state index in [9.17, 15) is 19.2 Å². The van der Waals surface area contributed by atoms with Gasteiger partial charge in [-0.25, -0.2) is 0 Å². The van der Waals surface area contributed by atoms with E-state index in [1.807, 2.05) is 119 Å². The van der Waals surface area contributed by atoms with Crippen molar-refractivity contribution in [2.75, 3.05) is 18.1 Å². The summed E-state index contributed by atoms with van der Waals surface area (Å²) in [4.78, 5) is 53.1. The Balaban J connectivity index is 1.54. The Labute approximate surface area is 363 Å². The molecule has 0 N–H and O–H groups in total. The molecule has 0 radical (unpaired) electrons. The maximum absolute atomic E-state index is 13.4. The smallest absolute Gasteiger partial charge is 0.308 e. The second-order valence-electron chi connectivity index (χ2n) is 15.4. The van der Waals surface area contributed by atoms with Gasteiger partial charge in [0.05, 0.1) is 26.4 Å². The van der Waals surface area contributed by atoms with E-state index in [0.717, 1.165) is 16.7 Å². The fourth-order valence-corrected chi connectivity index (χ4v) is 10.3. The molecule has 2 aliphatic rings. The van der Waals surface area contributed by atoms with Crippen LogP contribution >= 0.6 is 0 Å². The number of benzene rings is 3. The highest BCUT2D eigenvalue weighted by atomic mass is 32.2. The van der Waals surface area contributed by atoms with E-state index >= 15 is 0 Å². The van der Waals surface area contributed by atoms with Crippen LogP contribution in [0, 0.1) is 0 Å². The van der Waals surface area contributed by atoms with E-state index in [0.29, 0.717) is 57.9 Å². The van der Waals surface area contributed by atoms with Crippen LogP contribution in [-0.4, -0.2) is 90.2 Å². The maximum atomic E-state index is 13.4. The van der Waals surface area contributed by atoms with Gasteiger partial charge in [-0.05, 0) is 42.4 Å². The Morgan fingerprint density at radius 1 is 0.541 bits per heavy atom. The number of rotatable bonds is 24. The predicted molar refractivity (Wildman–Crippen MR) is 231 cm³/mol. The predicted octanol–water partition coefficient (Wildman–Crippen LogP) is 7.58. The van der Waals surface area contributed by atoms with E-state index in [4.69, 9.17) is 37.9 Å². The molecule has 0 saturated carbocycles. The van der Waals surface area contributed by atoms with Crippen LogP contribution in [-0.2, 0) is 87.8 Å². The fourth-order valence-electron chi connectivity index (χ4n) is 7.37. The van der Waals surface area contributed by atoms with Crippen LogP contribution < -0.4 is 0 Å². The molecule has 13 heteroatoms. The van der Waals surface area contributed by atoms with Crippen LogP contribution in [0.5, 0.6) is 0 Å². The molecule has 0 aliphatic carbocycles. The van der Waals surface area contributed by atoms with Gasteiger partial charge in [0.2, 0.25) is 12.4 Å². The number of carbonyl (C=O) groups excluding carboxylic acids is 4. The molecule has 2 unspecified atom stereocenters. The van der Waals surface area contributed by atoms with Crippen LogP contribution in [0.2, 0.25) is 0 Å². The molecule has 9 atom stereocenters. The minimum absolute atomic E-state index is 0.0638. The summed E-state index contributed by atoms with van der Waals surface area (Å²) >= 11 is 0. The van der Waals surface area contributed by atoms with Gasteiger partial charge >= 0.3 is 23.9 Å². The summed E-state index contributed by atoms with van der Waals surface area (Å²) in [5.74, 6) is -1.42. The molecule has 0 bridgehead atoms. The van der Waals surface area contributed by atoms with Gasteiger partial charge in [-0.3, -0.25) is 19.2 Å². The molecule has 0 amide bonds. The minimum Gasteiger partial charge on any atom is -0.455 e. The van der Waals surface area contributed by atoms with E-state index in [1.54, 1.807) is 0 Å². The zero-order chi connectivity index (χ0) is 43.4. The molecule has 332 valence electrons. The molecule has 2 saturated heterocycles. The van der Waals surface area contributed by atoms with Gasteiger partial charge in [0.15, 0.2) is 17.5 Å². The lowest BCUT2D eigenvalue weighted by molar-refractivity contribution is -0.293. The van der Waals surface area contributed by atoms with Gasteiger partial charge in [-0.15, -0.1) is 0 Å².